The third-order valence-corrected chi connectivity index (χ3v) is 2.56. The second-order valence-electron chi connectivity index (χ2n) is 4.08. The quantitative estimate of drug-likeness (QED) is 0.827. The standard InChI is InChI=1S/C13H16F3NO2/c1-3-19-9-12(18)17(2)8-10-4-6-11(7-5-10)13(14,15)16/h4-7H,3,8-9H2,1-2H3. The monoisotopic (exact) mass is 275 g/mol. The van der Waals surface area contributed by atoms with Gasteiger partial charge < -0.3 is 9.64 Å². The van der Waals surface area contributed by atoms with Crippen molar-refractivity contribution in [3.63, 3.8) is 0 Å². The Labute approximate surface area is 110 Å². The van der Waals surface area contributed by atoms with Crippen LogP contribution < -0.4 is 0 Å². The van der Waals surface area contributed by atoms with Gasteiger partial charge in [-0.05, 0) is 24.6 Å². The zero-order valence-electron chi connectivity index (χ0n) is 10.8. The van der Waals surface area contributed by atoms with E-state index in [2.05, 4.69) is 0 Å². The number of benzene rings is 1. The fraction of sp³-hybridized carbons (Fsp3) is 0.462. The number of hydrogen-bond donors (Lipinski definition) is 0. The van der Waals surface area contributed by atoms with Crippen LogP contribution in [-0.2, 0) is 22.3 Å². The Morgan fingerprint density at radius 1 is 1.26 bits per heavy atom. The minimum absolute atomic E-state index is 0.0202. The van der Waals surface area contributed by atoms with Crippen LogP contribution in [0.25, 0.3) is 0 Å². The summed E-state index contributed by atoms with van der Waals surface area (Å²) in [4.78, 5) is 13.0. The third kappa shape index (κ3) is 4.90. The molecular weight excluding hydrogens is 259 g/mol. The van der Waals surface area contributed by atoms with Crippen LogP contribution in [0.2, 0.25) is 0 Å². The van der Waals surface area contributed by atoms with Crippen molar-refractivity contribution in [2.24, 2.45) is 0 Å². The molecule has 0 aliphatic carbocycles. The number of nitrogens with zero attached hydrogens (tertiary/aromatic N) is 1. The number of hydrogen-bond acceptors (Lipinski definition) is 2. The Hall–Kier alpha value is -1.56. The third-order valence-electron chi connectivity index (χ3n) is 2.56. The van der Waals surface area contributed by atoms with E-state index in [1.165, 1.54) is 17.0 Å². The molecule has 0 unspecified atom stereocenters. The van der Waals surface area contributed by atoms with Gasteiger partial charge in [0.15, 0.2) is 0 Å². The molecule has 1 amide bonds. The lowest BCUT2D eigenvalue weighted by atomic mass is 10.1. The van der Waals surface area contributed by atoms with Gasteiger partial charge in [0.25, 0.3) is 0 Å². The lowest BCUT2D eigenvalue weighted by Crippen LogP contribution is -2.29. The van der Waals surface area contributed by atoms with Gasteiger partial charge in [0.05, 0.1) is 5.56 Å². The van der Waals surface area contributed by atoms with Crippen LogP contribution in [0.1, 0.15) is 18.1 Å². The first kappa shape index (κ1) is 15.5. The average Bonchev–Trinajstić information content (AvgIpc) is 2.35. The van der Waals surface area contributed by atoms with E-state index in [4.69, 9.17) is 4.74 Å². The summed E-state index contributed by atoms with van der Waals surface area (Å²) in [6.45, 7) is 2.46. The topological polar surface area (TPSA) is 29.5 Å². The van der Waals surface area contributed by atoms with Crippen molar-refractivity contribution in [3.05, 3.63) is 35.4 Å². The van der Waals surface area contributed by atoms with Crippen LogP contribution >= 0.6 is 0 Å². The van der Waals surface area contributed by atoms with Crippen molar-refractivity contribution in [3.8, 4) is 0 Å². The van der Waals surface area contributed by atoms with E-state index in [9.17, 15) is 18.0 Å². The maximum Gasteiger partial charge on any atom is 0.416 e. The zero-order chi connectivity index (χ0) is 14.5. The highest BCUT2D eigenvalue weighted by atomic mass is 19.4. The zero-order valence-corrected chi connectivity index (χ0v) is 10.8. The summed E-state index contributed by atoms with van der Waals surface area (Å²) in [6, 6.07) is 4.76. The molecule has 0 saturated heterocycles. The van der Waals surface area contributed by atoms with E-state index in [-0.39, 0.29) is 19.1 Å². The van der Waals surface area contributed by atoms with E-state index in [0.717, 1.165) is 12.1 Å². The number of likely N-dealkylation sites (N-methyl/N-ethyl adjacent to an activating group) is 1. The molecule has 1 rings (SSSR count). The molecule has 0 aliphatic rings. The van der Waals surface area contributed by atoms with Crippen molar-refractivity contribution in [2.75, 3.05) is 20.3 Å². The first-order valence-corrected chi connectivity index (χ1v) is 5.82. The molecular formula is C13H16F3NO2. The van der Waals surface area contributed by atoms with Gasteiger partial charge in [0.1, 0.15) is 6.61 Å². The van der Waals surface area contributed by atoms with E-state index >= 15 is 0 Å². The Kier molecular flexibility index (Phi) is 5.35. The summed E-state index contributed by atoms with van der Waals surface area (Å²) >= 11 is 0. The predicted molar refractivity (Wildman–Crippen MR) is 64.4 cm³/mol. The summed E-state index contributed by atoms with van der Waals surface area (Å²) in [7, 11) is 1.58. The van der Waals surface area contributed by atoms with Crippen molar-refractivity contribution < 1.29 is 22.7 Å². The Balaban J connectivity index is 2.60. The van der Waals surface area contributed by atoms with E-state index in [1.807, 2.05) is 0 Å². The van der Waals surface area contributed by atoms with Crippen molar-refractivity contribution >= 4 is 5.91 Å². The van der Waals surface area contributed by atoms with E-state index in [1.54, 1.807) is 14.0 Å². The molecule has 6 heteroatoms. The van der Waals surface area contributed by atoms with Gasteiger partial charge in [-0.1, -0.05) is 12.1 Å². The number of rotatable bonds is 5. The number of carbonyl (C=O) groups is 1. The molecule has 0 spiro atoms. The molecule has 106 valence electrons. The fourth-order valence-corrected chi connectivity index (χ4v) is 1.46. The van der Waals surface area contributed by atoms with Gasteiger partial charge >= 0.3 is 6.18 Å². The summed E-state index contributed by atoms with van der Waals surface area (Å²) < 4.78 is 42.1. The Bertz CT molecular complexity index is 415. The summed E-state index contributed by atoms with van der Waals surface area (Å²) in [5, 5.41) is 0. The molecule has 0 atom stereocenters. The second-order valence-corrected chi connectivity index (χ2v) is 4.08. The van der Waals surface area contributed by atoms with Gasteiger partial charge in [-0.25, -0.2) is 0 Å². The molecule has 3 nitrogen and oxygen atoms in total. The van der Waals surface area contributed by atoms with Crippen LogP contribution in [0.5, 0.6) is 0 Å². The number of alkyl halides is 3. The van der Waals surface area contributed by atoms with Crippen molar-refractivity contribution in [1.29, 1.82) is 0 Å². The Morgan fingerprint density at radius 2 is 1.84 bits per heavy atom. The lowest BCUT2D eigenvalue weighted by Gasteiger charge is -2.17. The normalized spacial score (nSPS) is 11.4. The lowest BCUT2D eigenvalue weighted by molar-refractivity contribution is -0.138. The number of halogens is 3. The highest BCUT2D eigenvalue weighted by molar-refractivity contribution is 5.77. The average molecular weight is 275 g/mol. The van der Waals surface area contributed by atoms with Crippen LogP contribution in [0.3, 0.4) is 0 Å². The van der Waals surface area contributed by atoms with Crippen molar-refractivity contribution in [1.82, 2.24) is 4.90 Å². The minimum Gasteiger partial charge on any atom is -0.372 e. The highest BCUT2D eigenvalue weighted by Crippen LogP contribution is 2.29. The fourth-order valence-electron chi connectivity index (χ4n) is 1.46. The summed E-state index contributed by atoms with van der Waals surface area (Å²) in [5.41, 5.74) is -0.0557. The predicted octanol–water partition coefficient (Wildman–Crippen LogP) is 2.70. The first-order chi connectivity index (χ1) is 8.84. The Morgan fingerprint density at radius 3 is 2.32 bits per heavy atom. The smallest absolute Gasteiger partial charge is 0.372 e. The van der Waals surface area contributed by atoms with Crippen LogP contribution in [-0.4, -0.2) is 31.1 Å². The van der Waals surface area contributed by atoms with Crippen LogP contribution in [0.15, 0.2) is 24.3 Å². The molecule has 0 aliphatic heterocycles. The van der Waals surface area contributed by atoms with Gasteiger partial charge in [-0.15, -0.1) is 0 Å². The highest BCUT2D eigenvalue weighted by Gasteiger charge is 2.29. The summed E-state index contributed by atoms with van der Waals surface area (Å²) in [6.07, 6.45) is -4.34. The van der Waals surface area contributed by atoms with Crippen LogP contribution in [0, 0.1) is 0 Å². The van der Waals surface area contributed by atoms with Gasteiger partial charge in [-0.3, -0.25) is 4.79 Å². The second kappa shape index (κ2) is 6.56. The van der Waals surface area contributed by atoms with Gasteiger partial charge in [-0.2, -0.15) is 13.2 Å². The van der Waals surface area contributed by atoms with Gasteiger partial charge in [0.2, 0.25) is 5.91 Å². The molecule has 0 radical (unpaired) electrons. The van der Waals surface area contributed by atoms with Gasteiger partial charge in [0, 0.05) is 20.2 Å². The molecule has 0 bridgehead atoms. The maximum absolute atomic E-state index is 12.4. The maximum atomic E-state index is 12.4. The molecule has 1 aromatic rings. The summed E-state index contributed by atoms with van der Waals surface area (Å²) in [5.74, 6) is -0.207. The minimum atomic E-state index is -4.34. The van der Waals surface area contributed by atoms with Crippen LogP contribution in [0.4, 0.5) is 13.2 Å². The number of amides is 1. The molecule has 0 aromatic heterocycles. The molecule has 0 fully saturated rings. The van der Waals surface area contributed by atoms with E-state index in [0.29, 0.717) is 12.2 Å². The molecule has 0 heterocycles. The SMILES string of the molecule is CCOCC(=O)N(C)Cc1ccc(C(F)(F)F)cc1. The van der Waals surface area contributed by atoms with E-state index < -0.39 is 11.7 Å². The first-order valence-electron chi connectivity index (χ1n) is 5.82. The molecule has 1 aromatic carbocycles. The molecule has 19 heavy (non-hydrogen) atoms. The number of ether oxygens (including phenoxy) is 1. The molecule has 0 saturated carbocycles. The number of carbonyl (C=O) groups excluding carboxylic acids is 1. The van der Waals surface area contributed by atoms with Crippen molar-refractivity contribution in [2.45, 2.75) is 19.6 Å². The largest absolute Gasteiger partial charge is 0.416 e. The molecule has 0 N–H and O–H groups in total.